The molecule has 0 unspecified atom stereocenters. The van der Waals surface area contributed by atoms with Crippen LogP contribution in [0.1, 0.15) is 29.6 Å². The van der Waals surface area contributed by atoms with Crippen molar-refractivity contribution >= 4 is 29.2 Å². The van der Waals surface area contributed by atoms with Crippen LogP contribution in [0.5, 0.6) is 0 Å². The Labute approximate surface area is 139 Å². The van der Waals surface area contributed by atoms with Crippen LogP contribution >= 0.6 is 0 Å². The van der Waals surface area contributed by atoms with Gasteiger partial charge >= 0.3 is 5.97 Å². The highest BCUT2D eigenvalue weighted by atomic mass is 16.4. The molecular formula is C18H18N2O4. The number of nitrogens with one attached hydrogen (secondary N) is 2. The van der Waals surface area contributed by atoms with Gasteiger partial charge in [0.25, 0.3) is 5.91 Å². The summed E-state index contributed by atoms with van der Waals surface area (Å²) in [6.07, 6.45) is 0.342. The molecule has 6 nitrogen and oxygen atoms in total. The monoisotopic (exact) mass is 326 g/mol. The zero-order chi connectivity index (χ0) is 17.4. The third-order valence-corrected chi connectivity index (χ3v) is 3.23. The molecule has 0 heterocycles. The summed E-state index contributed by atoms with van der Waals surface area (Å²) in [5.41, 5.74) is 1.60. The Morgan fingerprint density at radius 1 is 0.833 bits per heavy atom. The minimum absolute atomic E-state index is 0.0487. The molecule has 0 bridgehead atoms. The summed E-state index contributed by atoms with van der Waals surface area (Å²) >= 11 is 0. The van der Waals surface area contributed by atoms with Crippen molar-refractivity contribution in [2.24, 2.45) is 0 Å². The van der Waals surface area contributed by atoms with Gasteiger partial charge in [-0.25, -0.2) is 0 Å². The summed E-state index contributed by atoms with van der Waals surface area (Å²) < 4.78 is 0. The fraction of sp³-hybridized carbons (Fsp3) is 0.167. The minimum Gasteiger partial charge on any atom is -0.481 e. The van der Waals surface area contributed by atoms with Gasteiger partial charge in [0.2, 0.25) is 5.91 Å². The Hall–Kier alpha value is -3.15. The smallest absolute Gasteiger partial charge is 0.303 e. The van der Waals surface area contributed by atoms with Gasteiger partial charge in [-0.1, -0.05) is 24.3 Å². The van der Waals surface area contributed by atoms with E-state index in [4.69, 9.17) is 5.11 Å². The number of hydrogen-bond acceptors (Lipinski definition) is 3. The van der Waals surface area contributed by atoms with Gasteiger partial charge in [-0.3, -0.25) is 14.4 Å². The third-order valence-electron chi connectivity index (χ3n) is 3.23. The van der Waals surface area contributed by atoms with Crippen molar-refractivity contribution < 1.29 is 19.5 Å². The fourth-order valence-corrected chi connectivity index (χ4v) is 2.09. The van der Waals surface area contributed by atoms with Crippen LogP contribution in [0.15, 0.2) is 54.6 Å². The second kappa shape index (κ2) is 8.47. The molecule has 124 valence electrons. The number of aliphatic carboxylic acids is 1. The van der Waals surface area contributed by atoms with Gasteiger partial charge in [0.1, 0.15) is 0 Å². The summed E-state index contributed by atoms with van der Waals surface area (Å²) in [7, 11) is 0. The van der Waals surface area contributed by atoms with Crippen LogP contribution in [0.25, 0.3) is 0 Å². The predicted octanol–water partition coefficient (Wildman–Crippen LogP) is 3.13. The van der Waals surface area contributed by atoms with Crippen LogP contribution in [0.4, 0.5) is 11.4 Å². The van der Waals surface area contributed by atoms with Crippen LogP contribution in [-0.4, -0.2) is 22.9 Å². The molecular weight excluding hydrogens is 308 g/mol. The molecule has 6 heteroatoms. The molecule has 0 aliphatic heterocycles. The molecule has 0 aliphatic rings. The molecule has 2 aromatic carbocycles. The zero-order valence-corrected chi connectivity index (χ0v) is 13.0. The molecule has 0 saturated carbocycles. The number of para-hydroxylation sites is 1. The first-order chi connectivity index (χ1) is 11.5. The number of amides is 2. The van der Waals surface area contributed by atoms with Gasteiger partial charge in [-0.15, -0.1) is 0 Å². The fourth-order valence-electron chi connectivity index (χ4n) is 2.09. The third kappa shape index (κ3) is 5.57. The first-order valence-corrected chi connectivity index (χ1v) is 7.53. The van der Waals surface area contributed by atoms with Crippen molar-refractivity contribution in [2.75, 3.05) is 10.6 Å². The predicted molar refractivity (Wildman–Crippen MR) is 91.0 cm³/mol. The maximum Gasteiger partial charge on any atom is 0.303 e. The molecule has 0 fully saturated rings. The average Bonchev–Trinajstić information content (AvgIpc) is 2.55. The number of carbonyl (C=O) groups excluding carboxylic acids is 2. The van der Waals surface area contributed by atoms with Gasteiger partial charge in [0, 0.05) is 29.8 Å². The van der Waals surface area contributed by atoms with Gasteiger partial charge in [-0.2, -0.15) is 0 Å². The summed E-state index contributed by atoms with van der Waals surface area (Å²) in [6.45, 7) is 0. The van der Waals surface area contributed by atoms with Gasteiger partial charge in [0.15, 0.2) is 0 Å². The molecule has 3 N–H and O–H groups in total. The van der Waals surface area contributed by atoms with Crippen LogP contribution in [0.3, 0.4) is 0 Å². The number of anilines is 2. The summed E-state index contributed by atoms with van der Waals surface area (Å²) in [5.74, 6) is -1.48. The van der Waals surface area contributed by atoms with Crippen molar-refractivity contribution in [3.05, 3.63) is 60.2 Å². The largest absolute Gasteiger partial charge is 0.481 e. The van der Waals surface area contributed by atoms with E-state index in [1.165, 1.54) is 0 Å². The number of carboxylic acid groups (broad SMARTS) is 1. The Kier molecular flexibility index (Phi) is 6.08. The van der Waals surface area contributed by atoms with Gasteiger partial charge in [0.05, 0.1) is 0 Å². The highest BCUT2D eigenvalue weighted by molar-refractivity contribution is 6.05. The summed E-state index contributed by atoms with van der Waals surface area (Å²) in [5, 5.41) is 14.0. The van der Waals surface area contributed by atoms with E-state index in [-0.39, 0.29) is 31.1 Å². The zero-order valence-electron chi connectivity index (χ0n) is 13.0. The Morgan fingerprint density at radius 2 is 1.54 bits per heavy atom. The van der Waals surface area contributed by atoms with Gasteiger partial charge in [-0.05, 0) is 36.8 Å². The number of rotatable bonds is 7. The highest BCUT2D eigenvalue weighted by Gasteiger charge is 2.09. The minimum atomic E-state index is -0.928. The maximum atomic E-state index is 12.2. The van der Waals surface area contributed by atoms with Crippen LogP contribution in [0, 0.1) is 0 Å². The summed E-state index contributed by atoms with van der Waals surface area (Å²) in [4.78, 5) is 34.4. The molecule has 2 aromatic rings. The maximum absolute atomic E-state index is 12.2. The second-order valence-electron chi connectivity index (χ2n) is 5.20. The molecule has 2 rings (SSSR count). The number of hydrogen-bond donors (Lipinski definition) is 3. The quantitative estimate of drug-likeness (QED) is 0.728. The van der Waals surface area contributed by atoms with Crippen molar-refractivity contribution in [1.29, 1.82) is 0 Å². The van der Waals surface area contributed by atoms with E-state index in [1.807, 2.05) is 18.2 Å². The average molecular weight is 326 g/mol. The standard InChI is InChI=1S/C18H18N2O4/c21-16(10-5-11-17(22)23)19-15-9-4-6-13(12-15)18(24)20-14-7-2-1-3-8-14/h1-4,6-9,12H,5,10-11H2,(H,19,21)(H,20,24)(H,22,23). The first kappa shape index (κ1) is 17.2. The molecule has 24 heavy (non-hydrogen) atoms. The van der Waals surface area contributed by atoms with Crippen LogP contribution < -0.4 is 10.6 Å². The van der Waals surface area contributed by atoms with Gasteiger partial charge < -0.3 is 15.7 Å². The molecule has 0 saturated heterocycles. The molecule has 0 atom stereocenters. The van der Waals surface area contributed by atoms with E-state index in [9.17, 15) is 14.4 Å². The number of benzene rings is 2. The number of carbonyl (C=O) groups is 3. The van der Waals surface area contributed by atoms with Crippen molar-refractivity contribution in [2.45, 2.75) is 19.3 Å². The van der Waals surface area contributed by atoms with E-state index in [0.29, 0.717) is 16.9 Å². The lowest BCUT2D eigenvalue weighted by atomic mass is 10.1. The van der Waals surface area contributed by atoms with E-state index >= 15 is 0 Å². The van der Waals surface area contributed by atoms with Crippen molar-refractivity contribution in [1.82, 2.24) is 0 Å². The van der Waals surface area contributed by atoms with E-state index in [0.717, 1.165) is 0 Å². The Bertz CT molecular complexity index is 729. The summed E-state index contributed by atoms with van der Waals surface area (Å²) in [6, 6.07) is 15.6. The Balaban J connectivity index is 1.94. The van der Waals surface area contributed by atoms with E-state index in [1.54, 1.807) is 36.4 Å². The highest BCUT2D eigenvalue weighted by Crippen LogP contribution is 2.14. The lowest BCUT2D eigenvalue weighted by molar-refractivity contribution is -0.137. The molecule has 0 aliphatic carbocycles. The number of carboxylic acids is 1. The van der Waals surface area contributed by atoms with E-state index in [2.05, 4.69) is 10.6 Å². The topological polar surface area (TPSA) is 95.5 Å². The van der Waals surface area contributed by atoms with E-state index < -0.39 is 5.97 Å². The Morgan fingerprint density at radius 3 is 2.25 bits per heavy atom. The molecule has 0 aromatic heterocycles. The normalized spacial score (nSPS) is 10.0. The SMILES string of the molecule is O=C(O)CCCC(=O)Nc1cccc(C(=O)Nc2ccccc2)c1. The van der Waals surface area contributed by atoms with Crippen molar-refractivity contribution in [3.63, 3.8) is 0 Å². The lowest BCUT2D eigenvalue weighted by Crippen LogP contribution is -2.14. The molecule has 0 spiro atoms. The first-order valence-electron chi connectivity index (χ1n) is 7.53. The second-order valence-corrected chi connectivity index (χ2v) is 5.20. The molecule has 2 amide bonds. The van der Waals surface area contributed by atoms with Crippen LogP contribution in [0.2, 0.25) is 0 Å². The van der Waals surface area contributed by atoms with Crippen molar-refractivity contribution in [3.8, 4) is 0 Å². The molecule has 0 radical (unpaired) electrons. The van der Waals surface area contributed by atoms with Crippen LogP contribution in [-0.2, 0) is 9.59 Å². The lowest BCUT2D eigenvalue weighted by Gasteiger charge is -2.08.